The van der Waals surface area contributed by atoms with Gasteiger partial charge in [0.1, 0.15) is 5.76 Å². The lowest BCUT2D eigenvalue weighted by molar-refractivity contribution is -0.136. The molecule has 1 N–H and O–H groups in total. The second-order valence-corrected chi connectivity index (χ2v) is 2.12. The molecule has 0 aromatic heterocycles. The topological polar surface area (TPSA) is 85.2 Å². The second-order valence-electron chi connectivity index (χ2n) is 2.12. The quantitative estimate of drug-likeness (QED) is 0.298. The molecule has 0 fully saturated rings. The number of nitrogens with zero attached hydrogens (tertiary/aromatic N) is 1. The molecule has 0 saturated heterocycles. The Morgan fingerprint density at radius 2 is 2.08 bits per heavy atom. The maximum absolute atomic E-state index is 10.8. The van der Waals surface area contributed by atoms with Gasteiger partial charge >= 0.3 is 5.97 Å². The van der Waals surface area contributed by atoms with Gasteiger partial charge in [0, 0.05) is 13.5 Å². The highest BCUT2D eigenvalue weighted by Crippen LogP contribution is 2.08. The standard InChI is InChI=1S/C7H11NO5/c1-12-4-3-5(9)6(8-11)7(10)13-2/h9H,3-4H2,1-2H3. The number of ether oxygens (including phenoxy) is 2. The molecular formula is C7H11NO5. The molecule has 0 bridgehead atoms. The fourth-order valence-electron chi connectivity index (χ4n) is 0.622. The Hall–Kier alpha value is -1.43. The van der Waals surface area contributed by atoms with Crippen LogP contribution in [0.15, 0.2) is 16.6 Å². The number of hydrogen-bond donors (Lipinski definition) is 1. The van der Waals surface area contributed by atoms with E-state index < -0.39 is 17.4 Å². The lowest BCUT2D eigenvalue weighted by atomic mass is 10.3. The van der Waals surface area contributed by atoms with Gasteiger partial charge in [-0.1, -0.05) is 0 Å². The predicted molar refractivity (Wildman–Crippen MR) is 44.0 cm³/mol. The molecule has 0 aromatic rings. The fourth-order valence-corrected chi connectivity index (χ4v) is 0.622. The van der Waals surface area contributed by atoms with E-state index in [9.17, 15) is 9.70 Å². The molecule has 0 amide bonds. The molecule has 13 heavy (non-hydrogen) atoms. The molecular weight excluding hydrogens is 178 g/mol. The van der Waals surface area contributed by atoms with Gasteiger partial charge in [0.15, 0.2) is 0 Å². The first-order chi connectivity index (χ1) is 6.17. The van der Waals surface area contributed by atoms with Gasteiger partial charge in [-0.05, 0) is 5.18 Å². The summed E-state index contributed by atoms with van der Waals surface area (Å²) in [5.41, 5.74) is -0.612. The first kappa shape index (κ1) is 11.6. The van der Waals surface area contributed by atoms with E-state index >= 15 is 0 Å². The zero-order valence-electron chi connectivity index (χ0n) is 7.44. The van der Waals surface area contributed by atoms with Crippen LogP contribution in [0.25, 0.3) is 0 Å². The largest absolute Gasteiger partial charge is 0.510 e. The number of rotatable bonds is 5. The highest BCUT2D eigenvalue weighted by atomic mass is 16.5. The van der Waals surface area contributed by atoms with Crippen molar-refractivity contribution in [3.63, 3.8) is 0 Å². The highest BCUT2D eigenvalue weighted by molar-refractivity contribution is 5.88. The van der Waals surface area contributed by atoms with Crippen molar-refractivity contribution in [3.05, 3.63) is 16.4 Å². The summed E-state index contributed by atoms with van der Waals surface area (Å²) in [7, 11) is 2.52. The molecule has 0 radical (unpaired) electrons. The lowest BCUT2D eigenvalue weighted by Crippen LogP contribution is -2.07. The zero-order valence-corrected chi connectivity index (χ0v) is 7.44. The number of methoxy groups -OCH3 is 2. The fraction of sp³-hybridized carbons (Fsp3) is 0.571. The predicted octanol–water partition coefficient (Wildman–Crippen LogP) is 0.732. The molecule has 0 aromatic carbocycles. The molecule has 0 unspecified atom stereocenters. The van der Waals surface area contributed by atoms with E-state index in [0.29, 0.717) is 0 Å². The summed E-state index contributed by atoms with van der Waals surface area (Å²) in [6.45, 7) is 0.196. The van der Waals surface area contributed by atoms with Crippen LogP contribution in [0, 0.1) is 4.91 Å². The van der Waals surface area contributed by atoms with E-state index in [0.717, 1.165) is 7.11 Å². The van der Waals surface area contributed by atoms with Crippen LogP contribution in [0.4, 0.5) is 0 Å². The van der Waals surface area contributed by atoms with E-state index in [1.807, 2.05) is 0 Å². The Morgan fingerprint density at radius 3 is 2.46 bits per heavy atom. The van der Waals surface area contributed by atoms with Crippen molar-refractivity contribution in [1.29, 1.82) is 0 Å². The SMILES string of the molecule is COCCC(O)=C(N=O)C(=O)OC. The lowest BCUT2D eigenvalue weighted by Gasteiger charge is -2.01. The average molecular weight is 189 g/mol. The second kappa shape index (κ2) is 6.13. The van der Waals surface area contributed by atoms with Gasteiger partial charge in [-0.25, -0.2) is 4.79 Å². The Morgan fingerprint density at radius 1 is 1.46 bits per heavy atom. The number of carbonyl (C=O) groups excluding carboxylic acids is 1. The van der Waals surface area contributed by atoms with Crippen molar-refractivity contribution in [3.8, 4) is 0 Å². The van der Waals surface area contributed by atoms with Crippen molar-refractivity contribution < 1.29 is 19.4 Å². The minimum Gasteiger partial charge on any atom is -0.510 e. The molecule has 74 valence electrons. The van der Waals surface area contributed by atoms with Gasteiger partial charge in [-0.3, -0.25) is 0 Å². The third-order valence-corrected chi connectivity index (χ3v) is 1.29. The molecule has 0 heterocycles. The van der Waals surface area contributed by atoms with Crippen molar-refractivity contribution in [1.82, 2.24) is 0 Å². The van der Waals surface area contributed by atoms with Crippen LogP contribution < -0.4 is 0 Å². The summed E-state index contributed by atoms with van der Waals surface area (Å²) in [6.07, 6.45) is 0.0483. The van der Waals surface area contributed by atoms with Gasteiger partial charge in [0.2, 0.25) is 5.70 Å². The van der Waals surface area contributed by atoms with E-state index in [1.165, 1.54) is 7.11 Å². The number of esters is 1. The summed E-state index contributed by atoms with van der Waals surface area (Å²) in [6, 6.07) is 0. The minimum atomic E-state index is -0.955. The van der Waals surface area contributed by atoms with Gasteiger partial charge in [0.25, 0.3) is 0 Å². The molecule has 0 saturated carbocycles. The van der Waals surface area contributed by atoms with Crippen LogP contribution in [0.5, 0.6) is 0 Å². The Kier molecular flexibility index (Phi) is 5.45. The van der Waals surface area contributed by atoms with Crippen LogP contribution in [0.2, 0.25) is 0 Å². The molecule has 6 nitrogen and oxygen atoms in total. The van der Waals surface area contributed by atoms with E-state index in [2.05, 4.69) is 14.7 Å². The summed E-state index contributed by atoms with van der Waals surface area (Å²) >= 11 is 0. The third kappa shape index (κ3) is 3.66. The van der Waals surface area contributed by atoms with Crippen LogP contribution in [-0.4, -0.2) is 31.9 Å². The van der Waals surface area contributed by atoms with E-state index in [4.69, 9.17) is 5.11 Å². The van der Waals surface area contributed by atoms with E-state index in [-0.39, 0.29) is 13.0 Å². The number of aliphatic hydroxyl groups is 1. The van der Waals surface area contributed by atoms with Crippen molar-refractivity contribution in [2.24, 2.45) is 5.18 Å². The zero-order chi connectivity index (χ0) is 10.3. The molecule has 0 atom stereocenters. The van der Waals surface area contributed by atoms with E-state index in [1.54, 1.807) is 0 Å². The third-order valence-electron chi connectivity index (χ3n) is 1.29. The van der Waals surface area contributed by atoms with Gasteiger partial charge in [-0.2, -0.15) is 0 Å². The van der Waals surface area contributed by atoms with Crippen LogP contribution >= 0.6 is 0 Å². The first-order valence-electron chi connectivity index (χ1n) is 3.50. The van der Waals surface area contributed by atoms with Gasteiger partial charge in [-0.15, -0.1) is 4.91 Å². The number of nitroso groups, excluding NO2 is 1. The maximum atomic E-state index is 10.8. The molecule has 0 spiro atoms. The van der Waals surface area contributed by atoms with Crippen molar-refractivity contribution in [2.75, 3.05) is 20.8 Å². The summed E-state index contributed by atoms with van der Waals surface area (Å²) in [5.74, 6) is -1.38. The van der Waals surface area contributed by atoms with Crippen molar-refractivity contribution >= 4 is 5.97 Å². The summed E-state index contributed by atoms with van der Waals surface area (Å²) in [4.78, 5) is 20.9. The number of hydrogen-bond acceptors (Lipinski definition) is 6. The summed E-state index contributed by atoms with van der Waals surface area (Å²) < 4.78 is 8.84. The maximum Gasteiger partial charge on any atom is 0.363 e. The first-order valence-corrected chi connectivity index (χ1v) is 3.50. The molecule has 6 heteroatoms. The van der Waals surface area contributed by atoms with Crippen LogP contribution in [-0.2, 0) is 14.3 Å². The molecule has 0 rings (SSSR count). The van der Waals surface area contributed by atoms with Gasteiger partial charge in [0.05, 0.1) is 13.7 Å². The molecule has 0 aliphatic carbocycles. The monoisotopic (exact) mass is 189 g/mol. The smallest absolute Gasteiger partial charge is 0.363 e. The Labute approximate surface area is 75.1 Å². The van der Waals surface area contributed by atoms with Crippen LogP contribution in [0.1, 0.15) is 6.42 Å². The molecule has 0 aliphatic heterocycles. The van der Waals surface area contributed by atoms with Gasteiger partial charge < -0.3 is 14.6 Å². The number of aliphatic hydroxyl groups excluding tert-OH is 1. The Bertz CT molecular complexity index is 223. The van der Waals surface area contributed by atoms with Crippen molar-refractivity contribution in [2.45, 2.75) is 6.42 Å². The summed E-state index contributed by atoms with van der Waals surface area (Å²) in [5, 5.41) is 11.5. The highest BCUT2D eigenvalue weighted by Gasteiger charge is 2.16. The number of carbonyl (C=O) groups is 1. The Balaban J connectivity index is 4.48. The minimum absolute atomic E-state index is 0.0483. The normalized spacial score (nSPS) is 11.8. The van der Waals surface area contributed by atoms with Crippen LogP contribution in [0.3, 0.4) is 0 Å². The molecule has 0 aliphatic rings. The average Bonchev–Trinajstić information content (AvgIpc) is 2.15.